The fourth-order valence-corrected chi connectivity index (χ4v) is 1.54. The van der Waals surface area contributed by atoms with Gasteiger partial charge in [-0.3, -0.25) is 4.18 Å². The van der Waals surface area contributed by atoms with Crippen molar-refractivity contribution in [3.63, 3.8) is 0 Å². The zero-order valence-electron chi connectivity index (χ0n) is 7.15. The van der Waals surface area contributed by atoms with Crippen molar-refractivity contribution in [3.8, 4) is 0 Å². The fraction of sp³-hybridized carbons (Fsp3) is 1.00. The van der Waals surface area contributed by atoms with Gasteiger partial charge in [0.2, 0.25) is 0 Å². The zero-order chi connectivity index (χ0) is 9.45. The van der Waals surface area contributed by atoms with E-state index in [2.05, 4.69) is 4.18 Å². The predicted octanol–water partition coefficient (Wildman–Crippen LogP) is 0.740. The van der Waals surface area contributed by atoms with Crippen LogP contribution in [0.1, 0.15) is 19.3 Å². The van der Waals surface area contributed by atoms with Gasteiger partial charge in [0.1, 0.15) is 0 Å². The highest BCUT2D eigenvalue weighted by Gasteiger charge is 2.06. The first-order valence-electron chi connectivity index (χ1n) is 3.77. The highest BCUT2D eigenvalue weighted by Crippen LogP contribution is 2.10. The lowest BCUT2D eigenvalue weighted by atomic mass is 10.2. The van der Waals surface area contributed by atoms with Crippen molar-refractivity contribution in [2.45, 2.75) is 19.3 Å². The monoisotopic (exact) mass is 213 g/mol. The first-order valence-corrected chi connectivity index (χ1v) is 6.92. The fourth-order valence-electron chi connectivity index (χ4n) is 0.632. The largest absolute Gasteiger partial charge is 0.330 e. The average Bonchev–Trinajstić information content (AvgIpc) is 2.04. The minimum Gasteiger partial charge on any atom is -0.330 e. The molecular weight excluding hydrogens is 198 g/mol. The van der Waals surface area contributed by atoms with E-state index in [1.165, 1.54) is 6.26 Å². The molecule has 0 aromatic rings. The molecule has 0 saturated carbocycles. The molecule has 0 unspecified atom stereocenters. The van der Waals surface area contributed by atoms with Crippen LogP contribution in [-0.4, -0.2) is 27.8 Å². The summed E-state index contributed by atoms with van der Waals surface area (Å²) in [7, 11) is -2.61. The van der Waals surface area contributed by atoms with E-state index in [1.54, 1.807) is 0 Å². The van der Waals surface area contributed by atoms with Crippen molar-refractivity contribution < 1.29 is 12.6 Å². The average molecular weight is 213 g/mol. The van der Waals surface area contributed by atoms with Gasteiger partial charge in [0.15, 0.2) is 0 Å². The molecule has 4 nitrogen and oxygen atoms in total. The number of nitrogens with two attached hydrogens (primary N) is 1. The molecule has 0 heterocycles. The summed E-state index contributed by atoms with van der Waals surface area (Å²) in [6.07, 6.45) is 4.06. The van der Waals surface area contributed by atoms with Crippen LogP contribution >= 0.6 is 10.8 Å². The van der Waals surface area contributed by atoms with Gasteiger partial charge in [-0.05, 0) is 42.9 Å². The molecule has 0 radical (unpaired) electrons. The summed E-state index contributed by atoms with van der Waals surface area (Å²) in [5, 5.41) is 0. The van der Waals surface area contributed by atoms with Gasteiger partial charge in [-0.2, -0.15) is 8.42 Å². The molecule has 6 heteroatoms. The number of hydrogen-bond donors (Lipinski definition) is 1. The maximum atomic E-state index is 10.7. The van der Waals surface area contributed by atoms with Crippen molar-refractivity contribution in [2.75, 3.05) is 19.4 Å². The summed E-state index contributed by atoms with van der Waals surface area (Å²) in [4.78, 5) is 0. The SMILES string of the molecule is CSS(=O)(=O)OCCCCCN. The molecule has 0 spiro atoms. The van der Waals surface area contributed by atoms with E-state index in [1.807, 2.05) is 0 Å². The Hall–Kier alpha value is 0.220. The van der Waals surface area contributed by atoms with Gasteiger partial charge in [0.05, 0.1) is 6.61 Å². The van der Waals surface area contributed by atoms with E-state index in [-0.39, 0.29) is 6.61 Å². The molecule has 74 valence electrons. The molecule has 0 saturated heterocycles. The quantitative estimate of drug-likeness (QED) is 0.499. The van der Waals surface area contributed by atoms with Crippen LogP contribution in [0.4, 0.5) is 0 Å². The van der Waals surface area contributed by atoms with Gasteiger partial charge in [-0.1, -0.05) is 0 Å². The minimum atomic E-state index is -3.32. The lowest BCUT2D eigenvalue weighted by molar-refractivity contribution is 0.317. The van der Waals surface area contributed by atoms with Crippen molar-refractivity contribution in [3.05, 3.63) is 0 Å². The van der Waals surface area contributed by atoms with Crippen LogP contribution in [0.5, 0.6) is 0 Å². The summed E-state index contributed by atoms with van der Waals surface area (Å²) in [6, 6.07) is 0. The van der Waals surface area contributed by atoms with E-state index in [0.717, 1.165) is 19.3 Å². The summed E-state index contributed by atoms with van der Waals surface area (Å²) < 4.78 is 26.1. The molecular formula is C6H15NO3S2. The Morgan fingerprint density at radius 3 is 2.50 bits per heavy atom. The summed E-state index contributed by atoms with van der Waals surface area (Å²) in [5.74, 6) is 0. The Labute approximate surface area is 77.4 Å². The maximum Gasteiger partial charge on any atom is 0.321 e. The van der Waals surface area contributed by atoms with E-state index < -0.39 is 9.15 Å². The molecule has 0 aromatic carbocycles. The van der Waals surface area contributed by atoms with Gasteiger partial charge < -0.3 is 5.73 Å². The molecule has 0 aliphatic heterocycles. The van der Waals surface area contributed by atoms with Crippen molar-refractivity contribution in [1.82, 2.24) is 0 Å². The van der Waals surface area contributed by atoms with Gasteiger partial charge in [0.25, 0.3) is 0 Å². The van der Waals surface area contributed by atoms with Gasteiger partial charge in [-0.15, -0.1) is 0 Å². The normalized spacial score (nSPS) is 11.8. The van der Waals surface area contributed by atoms with Crippen molar-refractivity contribution >= 4 is 19.9 Å². The summed E-state index contributed by atoms with van der Waals surface area (Å²) in [6.45, 7) is 0.915. The van der Waals surface area contributed by atoms with Crippen LogP contribution in [0.15, 0.2) is 0 Å². The van der Waals surface area contributed by atoms with Crippen LogP contribution in [0, 0.1) is 0 Å². The van der Waals surface area contributed by atoms with E-state index in [4.69, 9.17) is 5.73 Å². The first-order chi connectivity index (χ1) is 5.62. The smallest absolute Gasteiger partial charge is 0.321 e. The Morgan fingerprint density at radius 1 is 1.33 bits per heavy atom. The molecule has 12 heavy (non-hydrogen) atoms. The van der Waals surface area contributed by atoms with Crippen LogP contribution in [0.25, 0.3) is 0 Å². The third kappa shape index (κ3) is 6.90. The number of unbranched alkanes of at least 4 members (excludes halogenated alkanes) is 2. The standard InChI is InChI=1S/C6H15NO3S2/c1-11-12(8,9)10-6-4-2-3-5-7/h2-7H2,1H3. The molecule has 0 aromatic heterocycles. The first kappa shape index (κ1) is 12.2. The molecule has 0 bridgehead atoms. The highest BCUT2D eigenvalue weighted by atomic mass is 33.1. The van der Waals surface area contributed by atoms with E-state index in [0.29, 0.717) is 17.3 Å². The third-order valence-corrected chi connectivity index (χ3v) is 3.66. The topological polar surface area (TPSA) is 69.4 Å². The van der Waals surface area contributed by atoms with Gasteiger partial charge in [0, 0.05) is 0 Å². The molecule has 0 atom stereocenters. The zero-order valence-corrected chi connectivity index (χ0v) is 8.79. The Morgan fingerprint density at radius 2 is 2.00 bits per heavy atom. The number of rotatable bonds is 7. The molecule has 2 N–H and O–H groups in total. The summed E-state index contributed by atoms with van der Waals surface area (Å²) in [5.41, 5.74) is 5.26. The van der Waals surface area contributed by atoms with Crippen LogP contribution in [-0.2, 0) is 13.3 Å². The van der Waals surface area contributed by atoms with Crippen molar-refractivity contribution in [2.24, 2.45) is 5.73 Å². The Balaban J connectivity index is 3.32. The predicted molar refractivity (Wildman–Crippen MR) is 51.3 cm³/mol. The molecule has 0 aliphatic rings. The van der Waals surface area contributed by atoms with E-state index in [9.17, 15) is 8.42 Å². The van der Waals surface area contributed by atoms with Crippen LogP contribution < -0.4 is 5.73 Å². The molecule has 0 fully saturated rings. The maximum absolute atomic E-state index is 10.7. The second-order valence-electron chi connectivity index (χ2n) is 2.25. The minimum absolute atomic E-state index is 0.267. The third-order valence-electron chi connectivity index (χ3n) is 1.28. The second kappa shape index (κ2) is 6.71. The number of hydrogen-bond acceptors (Lipinski definition) is 5. The molecule has 0 rings (SSSR count). The Kier molecular flexibility index (Phi) is 6.83. The van der Waals surface area contributed by atoms with Crippen LogP contribution in [0.2, 0.25) is 0 Å². The lowest BCUT2D eigenvalue weighted by Gasteiger charge is -2.01. The van der Waals surface area contributed by atoms with Crippen molar-refractivity contribution in [1.29, 1.82) is 0 Å². The highest BCUT2D eigenvalue weighted by molar-refractivity contribution is 8.70. The second-order valence-corrected chi connectivity index (χ2v) is 5.86. The van der Waals surface area contributed by atoms with Gasteiger partial charge >= 0.3 is 9.15 Å². The Bertz CT molecular complexity index is 191. The molecule has 0 aliphatic carbocycles. The summed E-state index contributed by atoms with van der Waals surface area (Å²) >= 11 is 0. The van der Waals surface area contributed by atoms with Gasteiger partial charge in [-0.25, -0.2) is 0 Å². The van der Waals surface area contributed by atoms with Crippen LogP contribution in [0.3, 0.4) is 0 Å². The molecule has 0 amide bonds. The lowest BCUT2D eigenvalue weighted by Crippen LogP contribution is -2.03. The van der Waals surface area contributed by atoms with E-state index >= 15 is 0 Å².